The normalized spacial score (nSPS) is 12.2. The number of aromatic nitrogens is 6. The van der Waals surface area contributed by atoms with E-state index in [1.54, 1.807) is 111 Å². The molecule has 501 valence electrons. The van der Waals surface area contributed by atoms with Gasteiger partial charge in [0.2, 0.25) is 0 Å². The van der Waals surface area contributed by atoms with E-state index in [0.29, 0.717) is 31.6 Å². The second kappa shape index (κ2) is 35.7. The summed E-state index contributed by atoms with van der Waals surface area (Å²) in [5.41, 5.74) is 13.9. The van der Waals surface area contributed by atoms with Gasteiger partial charge in [-0.2, -0.15) is 0 Å². The van der Waals surface area contributed by atoms with E-state index in [4.69, 9.17) is 16.0 Å². The second-order valence-electron chi connectivity index (χ2n) is 22.2. The molecule has 2 saturated heterocycles. The van der Waals surface area contributed by atoms with Crippen LogP contribution < -0.4 is 21.0 Å². The van der Waals surface area contributed by atoms with Crippen LogP contribution in [0.1, 0.15) is 28.2 Å². The predicted octanol–water partition coefficient (Wildman–Crippen LogP) is 19.4. The molecule has 5 amide bonds. The Labute approximate surface area is 611 Å². The van der Waals surface area contributed by atoms with Crippen LogP contribution in [0.5, 0.6) is 0 Å². The van der Waals surface area contributed by atoms with Gasteiger partial charge in [-0.05, 0) is 144 Å². The van der Waals surface area contributed by atoms with Gasteiger partial charge in [-0.25, -0.2) is 42.4 Å². The van der Waals surface area contributed by atoms with Crippen LogP contribution in [-0.4, -0.2) is 101 Å². The predicted molar refractivity (Wildman–Crippen MR) is 410 cm³/mol. The summed E-state index contributed by atoms with van der Waals surface area (Å²) in [6, 6.07) is 53.7. The summed E-state index contributed by atoms with van der Waals surface area (Å²) in [4.78, 5) is 74.6. The van der Waals surface area contributed by atoms with Crippen molar-refractivity contribution in [3.05, 3.63) is 251 Å². The van der Waals surface area contributed by atoms with Gasteiger partial charge in [0.25, 0.3) is 3.25 Å². The Hall–Kier alpha value is -8.90. The molecule has 14 rings (SSSR count). The molecule has 3 N–H and O–H groups in total. The van der Waals surface area contributed by atoms with Crippen LogP contribution in [0.2, 0.25) is 0 Å². The first-order chi connectivity index (χ1) is 47.5. The van der Waals surface area contributed by atoms with E-state index >= 15 is 0 Å². The number of carbonyl (C=O) groups is 3. The van der Waals surface area contributed by atoms with Crippen molar-refractivity contribution in [2.45, 2.75) is 33.8 Å². The van der Waals surface area contributed by atoms with Gasteiger partial charge >= 0.3 is 36.9 Å². The van der Waals surface area contributed by atoms with E-state index < -0.39 is 14.9 Å². The Bertz CT molecular complexity index is 4880. The van der Waals surface area contributed by atoms with Crippen molar-refractivity contribution in [3.63, 3.8) is 0 Å². The number of hydrogen-bond donors (Lipinski definition) is 3. The summed E-state index contributed by atoms with van der Waals surface area (Å²) < 4.78 is 58.2. The third kappa shape index (κ3) is 21.6. The number of hydrogen-bond acceptors (Lipinski definition) is 12. The molecule has 2 aliphatic heterocycles. The zero-order valence-electron chi connectivity index (χ0n) is 53.3. The van der Waals surface area contributed by atoms with Gasteiger partial charge < -0.3 is 20.4 Å². The van der Waals surface area contributed by atoms with Crippen LogP contribution in [0.4, 0.5) is 33.2 Å². The van der Waals surface area contributed by atoms with Crippen LogP contribution >= 0.6 is 77.7 Å². The van der Waals surface area contributed by atoms with Crippen LogP contribution in [0, 0.1) is 17.5 Å². The molecule has 0 saturated carbocycles. The molecule has 12 aromatic rings. The Morgan fingerprint density at radius 1 is 0.556 bits per heavy atom. The molecular formula is C72H61B2Br4F3N10O6PS. The number of fused-ring (bicyclic) bond motifs is 3. The fourth-order valence-electron chi connectivity index (χ4n) is 9.94. The third-order valence-electron chi connectivity index (χ3n) is 14.5. The maximum absolute atomic E-state index is 13.2. The monoisotopic (exact) mass is 1620 g/mol. The Balaban J connectivity index is 0.000000184. The molecule has 0 spiro atoms. The van der Waals surface area contributed by atoms with E-state index in [2.05, 4.69) is 120 Å². The summed E-state index contributed by atoms with van der Waals surface area (Å²) in [5, 5.41) is 7.77. The second-order valence-corrected chi connectivity index (χ2v) is 41.4. The number of nitrogens with one attached hydrogen (secondary N) is 3. The van der Waals surface area contributed by atoms with Crippen molar-refractivity contribution >= 4 is 149 Å². The Morgan fingerprint density at radius 2 is 0.929 bits per heavy atom. The molecule has 0 unspecified atom stereocenters. The SMILES string of the molecule is C.CC(C)(C)OC(=O)N1CCNC1=O.Fc1ccc(-c2ccc(-c3cc(Br)c4cnccc4n3)cc2)cc1.O=C1NCCN1c1cc(-c2ccc(-c3ccc(F)cc3)cc2)nc2ccncc12.O=P(Br)(Br)Br.O=c1cc(-c2ccc(-c3ccc(F)cc3)cc2)[nH]c2ccncc12.[3H][B].[B]=S. The summed E-state index contributed by atoms with van der Waals surface area (Å²) in [6.07, 6.45) is 9.61. The molecule has 27 heteroatoms. The first-order valence-corrected chi connectivity index (χ1v) is 38.5. The fourth-order valence-corrected chi connectivity index (χ4v) is 10.5. The van der Waals surface area contributed by atoms with Crippen molar-refractivity contribution in [2.75, 3.05) is 31.1 Å². The van der Waals surface area contributed by atoms with Crippen molar-refractivity contribution in [1.82, 2.24) is 45.4 Å². The molecule has 0 aliphatic carbocycles. The van der Waals surface area contributed by atoms with Crippen LogP contribution in [0.3, 0.4) is 0 Å². The number of benzene rings is 6. The zero-order chi connectivity index (χ0) is 71.4. The van der Waals surface area contributed by atoms with Crippen LogP contribution in [-0.2, 0) is 9.30 Å². The minimum absolute atomic E-state index is 0. The molecule has 8 heterocycles. The summed E-state index contributed by atoms with van der Waals surface area (Å²) in [5.74, 6) is -0.729. The van der Waals surface area contributed by atoms with Gasteiger partial charge in [0.1, 0.15) is 23.1 Å². The Kier molecular flexibility index (Phi) is 27.4. The molecule has 2 aliphatic rings. The van der Waals surface area contributed by atoms with E-state index in [0.717, 1.165) is 110 Å². The number of amides is 5. The Morgan fingerprint density at radius 3 is 1.35 bits per heavy atom. The van der Waals surface area contributed by atoms with Gasteiger partial charge in [0, 0.05) is 150 Å². The number of H-pyrrole nitrogens is 1. The average molecular weight is 1630 g/mol. The number of nitrogens with zero attached hydrogens (tertiary/aromatic N) is 7. The molecule has 6 aromatic heterocycles. The van der Waals surface area contributed by atoms with Gasteiger partial charge in [-0.1, -0.05) is 117 Å². The standard InChI is InChI=1S/C23H17FN4O.C20H12BrFN2.C20H13FN2O.C8H14N2O3.CH4.BS.BH.Br3OP/c24-18-7-5-16(6-8-18)15-1-3-17(4-2-15)21-13-22(28-12-11-26-23(28)29)19-14-25-10-9-20(19)27-21;21-18-11-20(24-19-9-10-23-12-17(18)19)15-3-1-13(2-4-15)14-5-7-16(22)8-6-14;21-16-7-5-14(6-8-16)13-1-3-15(4-2-13)19-11-20(24)17-12-22-10-9-18(17)23-19;1-8(2,3)13-7(12)10-5-4-9-6(10)11;;1-2;;1-5(2,3)4/h1-10,13-14H,11-12H2,(H,26,29);1-12H;1-12H,(H,23,24);4-5H2,1-3H3,(H,9,11);1H4;;1H;/i;;;;;;1T;. The quantitative estimate of drug-likeness (QED) is 0.101. The van der Waals surface area contributed by atoms with Crippen molar-refractivity contribution < 1.29 is 36.9 Å². The average Bonchev–Trinajstić information content (AvgIpc) is 1.35. The summed E-state index contributed by atoms with van der Waals surface area (Å²) >= 11 is 15.5. The molecule has 0 bridgehead atoms. The number of aromatic amines is 1. The van der Waals surface area contributed by atoms with E-state index in [1.165, 1.54) is 36.4 Å². The first kappa shape index (κ1) is 75.9. The fraction of sp³-hybridized carbons (Fsp3) is 0.125. The van der Waals surface area contributed by atoms with E-state index in [1.807, 2.05) is 97.1 Å². The summed E-state index contributed by atoms with van der Waals surface area (Å²) in [6.45, 7) is 11.5. The number of halogens is 7. The molecule has 2 fully saturated rings. The number of carbonyl (C=O) groups excluding carboxylic acids is 3. The maximum atomic E-state index is 13.2. The number of rotatable bonds is 7. The third-order valence-corrected chi connectivity index (χ3v) is 15.1. The molecule has 16 nitrogen and oxygen atoms in total. The zero-order valence-corrected chi connectivity index (χ0v) is 60.4. The van der Waals surface area contributed by atoms with Gasteiger partial charge in [-0.3, -0.25) is 29.2 Å². The first-order valence-electron chi connectivity index (χ1n) is 30.1. The van der Waals surface area contributed by atoms with Gasteiger partial charge in [0.15, 0.2) is 5.43 Å². The topological polar surface area (TPSA) is 205 Å². The van der Waals surface area contributed by atoms with Crippen molar-refractivity contribution in [2.24, 2.45) is 0 Å². The number of anilines is 1. The molecule has 6 aromatic carbocycles. The number of imide groups is 1. The van der Waals surface area contributed by atoms with Crippen LogP contribution in [0.15, 0.2) is 228 Å². The molecule has 0 atom stereocenters. The van der Waals surface area contributed by atoms with Gasteiger partial charge in [-0.15, -0.1) is 0 Å². The summed E-state index contributed by atoms with van der Waals surface area (Å²) in [7, 11) is 3.75. The molecule has 99 heavy (non-hydrogen) atoms. The molecular weight excluding hydrogens is 1560 g/mol. The van der Waals surface area contributed by atoms with Crippen molar-refractivity contribution in [3.8, 4) is 67.2 Å². The van der Waals surface area contributed by atoms with Crippen molar-refractivity contribution in [1.29, 1.82) is 1.34 Å². The van der Waals surface area contributed by atoms with E-state index in [-0.39, 0.29) is 42.4 Å². The number of urea groups is 2. The van der Waals surface area contributed by atoms with Gasteiger partial charge in [0.05, 0.1) is 45.6 Å². The number of pyridine rings is 6. The number of ether oxygens (including phenoxy) is 1. The van der Waals surface area contributed by atoms with Crippen LogP contribution in [0.25, 0.3) is 99.9 Å². The minimum atomic E-state index is -2.20. The van der Waals surface area contributed by atoms with E-state index in [9.17, 15) is 36.9 Å². The molecule has 3 radical (unpaired) electrons.